The molecule has 1 aliphatic carbocycles. The summed E-state index contributed by atoms with van der Waals surface area (Å²) >= 11 is 0. The van der Waals surface area contributed by atoms with Crippen LogP contribution < -0.4 is 5.32 Å². The maximum absolute atomic E-state index is 12.4. The van der Waals surface area contributed by atoms with Gasteiger partial charge in [-0.2, -0.15) is 13.2 Å². The van der Waals surface area contributed by atoms with Crippen LogP contribution in [0.4, 0.5) is 13.2 Å². The number of aliphatic carboxylic acids is 1. The molecule has 21 heavy (non-hydrogen) atoms. The van der Waals surface area contributed by atoms with Gasteiger partial charge < -0.3 is 15.3 Å². The van der Waals surface area contributed by atoms with Crippen LogP contribution in [0.1, 0.15) is 38.5 Å². The average Bonchev–Trinajstić information content (AvgIpc) is 2.41. The van der Waals surface area contributed by atoms with E-state index in [1.807, 2.05) is 7.05 Å². The normalized spacial score (nSPS) is 18.9. The van der Waals surface area contributed by atoms with Crippen molar-refractivity contribution in [2.75, 3.05) is 26.7 Å². The molecule has 0 aromatic heterocycles. The molecule has 2 N–H and O–H groups in total. The third-order valence-corrected chi connectivity index (χ3v) is 4.10. The number of hydrogen-bond donors (Lipinski definition) is 2. The molecule has 0 aromatic carbocycles. The Morgan fingerprint density at radius 3 is 2.48 bits per heavy atom. The van der Waals surface area contributed by atoms with E-state index in [9.17, 15) is 18.0 Å². The maximum atomic E-state index is 12.4. The average molecular weight is 310 g/mol. The molecule has 1 fully saturated rings. The predicted molar refractivity (Wildman–Crippen MR) is 74.2 cm³/mol. The topological polar surface area (TPSA) is 52.6 Å². The number of carboxylic acids is 1. The molecule has 1 saturated carbocycles. The summed E-state index contributed by atoms with van der Waals surface area (Å²) in [7, 11) is 2.05. The lowest BCUT2D eigenvalue weighted by Crippen LogP contribution is -2.40. The summed E-state index contributed by atoms with van der Waals surface area (Å²) in [6, 6.07) is 0.584. The second kappa shape index (κ2) is 8.58. The van der Waals surface area contributed by atoms with E-state index in [1.165, 1.54) is 32.1 Å². The number of hydrogen-bond acceptors (Lipinski definition) is 3. The summed E-state index contributed by atoms with van der Waals surface area (Å²) in [5.41, 5.74) is 0. The standard InChI is InChI=1S/C14H25F3N2O2/c1-19(11-6-3-2-4-7-11)9-5-8-18-10-12(13(20)21)14(15,16)17/h11-12,18H,2-10H2,1H3,(H,20,21). The first-order valence-electron chi connectivity index (χ1n) is 7.53. The Hall–Kier alpha value is -0.820. The molecular weight excluding hydrogens is 285 g/mol. The fourth-order valence-corrected chi connectivity index (χ4v) is 2.75. The first-order valence-corrected chi connectivity index (χ1v) is 7.53. The van der Waals surface area contributed by atoms with Gasteiger partial charge in [-0.3, -0.25) is 4.79 Å². The van der Waals surface area contributed by atoms with Gasteiger partial charge in [-0.15, -0.1) is 0 Å². The summed E-state index contributed by atoms with van der Waals surface area (Å²) in [5, 5.41) is 11.2. The largest absolute Gasteiger partial charge is 0.481 e. The van der Waals surface area contributed by atoms with Gasteiger partial charge in [0.2, 0.25) is 0 Å². The SMILES string of the molecule is CN(CCCNCC(C(=O)O)C(F)(F)F)C1CCCCC1. The smallest absolute Gasteiger partial charge is 0.403 e. The van der Waals surface area contributed by atoms with Crippen molar-refractivity contribution in [3.8, 4) is 0 Å². The van der Waals surface area contributed by atoms with Crippen molar-refractivity contribution in [3.05, 3.63) is 0 Å². The van der Waals surface area contributed by atoms with Crippen LogP contribution in [-0.2, 0) is 4.79 Å². The van der Waals surface area contributed by atoms with Crippen LogP contribution in [0.15, 0.2) is 0 Å². The highest BCUT2D eigenvalue weighted by atomic mass is 19.4. The lowest BCUT2D eigenvalue weighted by atomic mass is 9.94. The number of rotatable bonds is 8. The zero-order valence-electron chi connectivity index (χ0n) is 12.5. The van der Waals surface area contributed by atoms with Crippen molar-refractivity contribution >= 4 is 5.97 Å². The minimum atomic E-state index is -4.70. The Labute approximate surface area is 123 Å². The Bertz CT molecular complexity index is 318. The highest BCUT2D eigenvalue weighted by Crippen LogP contribution is 2.25. The highest BCUT2D eigenvalue weighted by Gasteiger charge is 2.44. The summed E-state index contributed by atoms with van der Waals surface area (Å²) in [5.74, 6) is -4.15. The Morgan fingerprint density at radius 2 is 1.95 bits per heavy atom. The third-order valence-electron chi connectivity index (χ3n) is 4.10. The highest BCUT2D eigenvalue weighted by molar-refractivity contribution is 5.71. The maximum Gasteiger partial charge on any atom is 0.403 e. The van der Waals surface area contributed by atoms with Gasteiger partial charge in [-0.1, -0.05) is 19.3 Å². The molecule has 0 radical (unpaired) electrons. The fraction of sp³-hybridized carbons (Fsp3) is 0.929. The van der Waals surface area contributed by atoms with Crippen LogP contribution in [0, 0.1) is 5.92 Å². The number of alkyl halides is 3. The van der Waals surface area contributed by atoms with Crippen LogP contribution in [0.2, 0.25) is 0 Å². The summed E-state index contributed by atoms with van der Waals surface area (Å²) < 4.78 is 37.3. The fourth-order valence-electron chi connectivity index (χ4n) is 2.75. The van der Waals surface area contributed by atoms with E-state index in [-0.39, 0.29) is 0 Å². The van der Waals surface area contributed by atoms with E-state index in [0.717, 1.165) is 13.0 Å². The van der Waals surface area contributed by atoms with Gasteiger partial charge in [0.25, 0.3) is 0 Å². The number of halogens is 3. The number of nitrogens with one attached hydrogen (secondary N) is 1. The van der Waals surface area contributed by atoms with Crippen LogP contribution in [0.25, 0.3) is 0 Å². The van der Waals surface area contributed by atoms with E-state index in [0.29, 0.717) is 12.6 Å². The predicted octanol–water partition coefficient (Wildman–Crippen LogP) is 2.49. The lowest BCUT2D eigenvalue weighted by molar-refractivity contribution is -0.192. The van der Waals surface area contributed by atoms with Gasteiger partial charge in [0, 0.05) is 12.6 Å². The number of carbonyl (C=O) groups is 1. The molecule has 4 nitrogen and oxygen atoms in total. The zero-order chi connectivity index (χ0) is 15.9. The van der Waals surface area contributed by atoms with Gasteiger partial charge in [-0.25, -0.2) is 0 Å². The van der Waals surface area contributed by atoms with E-state index >= 15 is 0 Å². The van der Waals surface area contributed by atoms with Gasteiger partial charge in [0.05, 0.1) is 0 Å². The molecule has 0 aromatic rings. The second-order valence-electron chi connectivity index (χ2n) is 5.76. The van der Waals surface area contributed by atoms with Crippen LogP contribution in [0.3, 0.4) is 0 Å². The van der Waals surface area contributed by atoms with E-state index < -0.39 is 24.6 Å². The first kappa shape index (κ1) is 18.2. The van der Waals surface area contributed by atoms with E-state index in [2.05, 4.69) is 10.2 Å². The molecule has 1 aliphatic rings. The number of carboxylic acid groups (broad SMARTS) is 1. The molecule has 0 aliphatic heterocycles. The van der Waals surface area contributed by atoms with Gasteiger partial charge >= 0.3 is 12.1 Å². The van der Waals surface area contributed by atoms with E-state index in [1.54, 1.807) is 0 Å². The second-order valence-corrected chi connectivity index (χ2v) is 5.76. The minimum absolute atomic E-state index is 0.400. The van der Waals surface area contributed by atoms with E-state index in [4.69, 9.17) is 5.11 Å². The molecule has 1 unspecified atom stereocenters. The van der Waals surface area contributed by atoms with Crippen molar-refractivity contribution in [2.24, 2.45) is 5.92 Å². The first-order chi connectivity index (χ1) is 9.82. The quantitative estimate of drug-likeness (QED) is 0.676. The van der Waals surface area contributed by atoms with Crippen molar-refractivity contribution in [1.82, 2.24) is 10.2 Å². The van der Waals surface area contributed by atoms with Gasteiger partial charge in [0.1, 0.15) is 0 Å². The molecule has 7 heteroatoms. The molecule has 1 rings (SSSR count). The number of nitrogens with zero attached hydrogens (tertiary/aromatic N) is 1. The molecule has 0 bridgehead atoms. The Balaban J connectivity index is 2.17. The van der Waals surface area contributed by atoms with Gasteiger partial charge in [0.15, 0.2) is 5.92 Å². The zero-order valence-corrected chi connectivity index (χ0v) is 12.5. The van der Waals surface area contributed by atoms with Gasteiger partial charge in [-0.05, 0) is 39.4 Å². The lowest BCUT2D eigenvalue weighted by Gasteiger charge is -2.31. The third kappa shape index (κ3) is 6.65. The summed E-state index contributed by atoms with van der Waals surface area (Å²) in [6.45, 7) is 0.657. The Kier molecular flexibility index (Phi) is 7.45. The monoisotopic (exact) mass is 310 g/mol. The van der Waals surface area contributed by atoms with Crippen LogP contribution in [-0.4, -0.2) is 54.9 Å². The summed E-state index contributed by atoms with van der Waals surface area (Å²) in [4.78, 5) is 12.8. The molecule has 0 spiro atoms. The van der Waals surface area contributed by atoms with Crippen molar-refractivity contribution in [1.29, 1.82) is 0 Å². The van der Waals surface area contributed by atoms with Crippen LogP contribution in [0.5, 0.6) is 0 Å². The molecule has 0 saturated heterocycles. The molecular formula is C14H25F3N2O2. The summed E-state index contributed by atoms with van der Waals surface area (Å²) in [6.07, 6.45) is 2.20. The van der Waals surface area contributed by atoms with Crippen molar-refractivity contribution in [2.45, 2.75) is 50.7 Å². The molecule has 124 valence electrons. The Morgan fingerprint density at radius 1 is 1.33 bits per heavy atom. The molecule has 0 amide bonds. The van der Waals surface area contributed by atoms with Crippen molar-refractivity contribution in [3.63, 3.8) is 0 Å². The van der Waals surface area contributed by atoms with Crippen LogP contribution >= 0.6 is 0 Å². The minimum Gasteiger partial charge on any atom is -0.481 e. The molecule has 0 heterocycles. The molecule has 1 atom stereocenters. The van der Waals surface area contributed by atoms with Crippen molar-refractivity contribution < 1.29 is 23.1 Å².